The third-order valence-corrected chi connectivity index (χ3v) is 5.78. The lowest BCUT2D eigenvalue weighted by molar-refractivity contribution is 0.0763. The molecule has 0 saturated carbocycles. The second kappa shape index (κ2) is 9.17. The zero-order valence-corrected chi connectivity index (χ0v) is 17.2. The van der Waals surface area contributed by atoms with Gasteiger partial charge in [0.25, 0.3) is 5.91 Å². The zero-order valence-electron chi connectivity index (χ0n) is 14.9. The number of thiophene rings is 1. The van der Waals surface area contributed by atoms with Gasteiger partial charge >= 0.3 is 0 Å². The molecule has 0 atom stereocenters. The van der Waals surface area contributed by atoms with Crippen molar-refractivity contribution in [1.29, 1.82) is 0 Å². The molecule has 2 aromatic heterocycles. The number of aryl methyl sites for hydroxylation is 1. The molecule has 0 aliphatic rings. The van der Waals surface area contributed by atoms with Gasteiger partial charge in [0.2, 0.25) is 0 Å². The summed E-state index contributed by atoms with van der Waals surface area (Å²) in [5, 5.41) is 2.98. The van der Waals surface area contributed by atoms with Crippen LogP contribution >= 0.6 is 34.3 Å². The Bertz CT molecular complexity index is 935. The molecule has 0 saturated heterocycles. The molecule has 1 amide bonds. The largest absolute Gasteiger partial charge is 0.487 e. The topological polar surface area (TPSA) is 42.4 Å². The normalized spacial score (nSPS) is 10.6. The highest BCUT2D eigenvalue weighted by Gasteiger charge is 2.16. The monoisotopic (exact) mass is 418 g/mol. The van der Waals surface area contributed by atoms with Gasteiger partial charge < -0.3 is 9.64 Å². The van der Waals surface area contributed by atoms with Gasteiger partial charge in [-0.1, -0.05) is 23.7 Å². The fourth-order valence-electron chi connectivity index (χ4n) is 2.53. The van der Waals surface area contributed by atoms with Gasteiger partial charge in [0.15, 0.2) is 0 Å². The Kier molecular flexibility index (Phi) is 6.66. The van der Waals surface area contributed by atoms with Crippen LogP contribution in [0.3, 0.4) is 0 Å². The van der Waals surface area contributed by atoms with Crippen molar-refractivity contribution in [2.24, 2.45) is 0 Å². The molecule has 0 spiro atoms. The second-order valence-electron chi connectivity index (χ2n) is 5.85. The van der Waals surface area contributed by atoms with E-state index < -0.39 is 0 Å². The van der Waals surface area contributed by atoms with Crippen molar-refractivity contribution in [3.05, 3.63) is 79.9 Å². The van der Waals surface area contributed by atoms with E-state index in [2.05, 4.69) is 11.6 Å². The minimum Gasteiger partial charge on any atom is -0.487 e. The van der Waals surface area contributed by atoms with E-state index in [1.165, 1.54) is 11.3 Å². The van der Waals surface area contributed by atoms with Crippen LogP contribution in [0.4, 0.5) is 0 Å². The van der Waals surface area contributed by atoms with Crippen LogP contribution in [0.15, 0.2) is 54.4 Å². The number of carbonyl (C=O) groups excluding carboxylic acids is 1. The number of carbonyl (C=O) groups is 1. The quantitative estimate of drug-likeness (QED) is 0.449. The molecular formula is C20H19ClN2O2S2. The van der Waals surface area contributed by atoms with Crippen LogP contribution in [-0.2, 0) is 13.2 Å². The van der Waals surface area contributed by atoms with Gasteiger partial charge in [-0.25, -0.2) is 4.98 Å². The highest BCUT2D eigenvalue weighted by atomic mass is 35.5. The van der Waals surface area contributed by atoms with Gasteiger partial charge in [-0.2, -0.15) is 0 Å². The van der Waals surface area contributed by atoms with E-state index in [0.717, 1.165) is 15.6 Å². The number of thiazole rings is 1. The van der Waals surface area contributed by atoms with E-state index in [9.17, 15) is 4.79 Å². The zero-order chi connectivity index (χ0) is 19.2. The summed E-state index contributed by atoms with van der Waals surface area (Å²) in [5.74, 6) is 0.568. The number of nitrogens with zero attached hydrogens (tertiary/aromatic N) is 2. The van der Waals surface area contributed by atoms with Crippen LogP contribution in [0, 0.1) is 6.92 Å². The predicted molar refractivity (Wildman–Crippen MR) is 112 cm³/mol. The molecule has 140 valence electrons. The molecule has 27 heavy (non-hydrogen) atoms. The van der Waals surface area contributed by atoms with E-state index >= 15 is 0 Å². The van der Waals surface area contributed by atoms with Crippen LogP contribution in [0.1, 0.15) is 25.9 Å². The third kappa shape index (κ3) is 5.42. The van der Waals surface area contributed by atoms with Crippen molar-refractivity contribution < 1.29 is 9.53 Å². The van der Waals surface area contributed by atoms with Crippen molar-refractivity contribution in [3.63, 3.8) is 0 Å². The van der Waals surface area contributed by atoms with Gasteiger partial charge in [-0.15, -0.1) is 29.3 Å². The van der Waals surface area contributed by atoms with Gasteiger partial charge in [-0.3, -0.25) is 4.79 Å². The fourth-order valence-corrected chi connectivity index (χ4v) is 4.23. The van der Waals surface area contributed by atoms with Crippen molar-refractivity contribution in [1.82, 2.24) is 9.88 Å². The summed E-state index contributed by atoms with van der Waals surface area (Å²) in [6.07, 6.45) is 1.72. The van der Waals surface area contributed by atoms with Crippen LogP contribution in [-0.4, -0.2) is 22.3 Å². The van der Waals surface area contributed by atoms with E-state index in [-0.39, 0.29) is 5.91 Å². The first-order valence-electron chi connectivity index (χ1n) is 8.33. The van der Waals surface area contributed by atoms with Crippen molar-refractivity contribution in [2.75, 3.05) is 6.54 Å². The second-order valence-corrected chi connectivity index (χ2v) is 8.72. The number of hydrogen-bond donors (Lipinski definition) is 0. The number of amides is 1. The maximum atomic E-state index is 13.0. The summed E-state index contributed by atoms with van der Waals surface area (Å²) in [7, 11) is 0. The summed E-state index contributed by atoms with van der Waals surface area (Å²) < 4.78 is 6.51. The van der Waals surface area contributed by atoms with Crippen LogP contribution in [0.25, 0.3) is 0 Å². The van der Waals surface area contributed by atoms with Gasteiger partial charge in [0.1, 0.15) is 12.4 Å². The van der Waals surface area contributed by atoms with E-state index in [1.54, 1.807) is 34.4 Å². The lowest BCUT2D eigenvalue weighted by Gasteiger charge is -2.21. The maximum Gasteiger partial charge on any atom is 0.254 e. The predicted octanol–water partition coefficient (Wildman–Crippen LogP) is 5.57. The Balaban J connectivity index is 1.70. The molecule has 3 rings (SSSR count). The standard InChI is InChI=1S/C20H19ClN2O2S2/c1-3-9-23(11-18-7-8-19(21)27-18)20(24)15-5-4-6-17(10-15)25-12-16-13-26-14(2)22-16/h3-8,10,13H,1,9,11-12H2,2H3. The van der Waals surface area contributed by atoms with E-state index in [1.807, 2.05) is 36.6 Å². The first-order chi connectivity index (χ1) is 13.0. The lowest BCUT2D eigenvalue weighted by atomic mass is 10.2. The number of benzene rings is 1. The molecule has 0 aliphatic heterocycles. The van der Waals surface area contributed by atoms with Crippen LogP contribution in [0.2, 0.25) is 4.34 Å². The molecule has 0 N–H and O–H groups in total. The average Bonchev–Trinajstić information content (AvgIpc) is 3.27. The fraction of sp³-hybridized carbons (Fsp3) is 0.200. The van der Waals surface area contributed by atoms with E-state index in [4.69, 9.17) is 16.3 Å². The smallest absolute Gasteiger partial charge is 0.254 e. The Morgan fingerprint density at radius 2 is 2.22 bits per heavy atom. The molecule has 0 fully saturated rings. The summed E-state index contributed by atoms with van der Waals surface area (Å²) in [6.45, 7) is 7.05. The number of rotatable bonds is 8. The molecule has 1 aromatic carbocycles. The Morgan fingerprint density at radius 3 is 2.89 bits per heavy atom. The third-order valence-electron chi connectivity index (χ3n) is 3.75. The van der Waals surface area contributed by atoms with Gasteiger partial charge in [-0.05, 0) is 37.3 Å². The molecule has 0 radical (unpaired) electrons. The SMILES string of the molecule is C=CCN(Cc1ccc(Cl)s1)C(=O)c1cccc(OCc2csc(C)n2)c1. The molecule has 0 unspecified atom stereocenters. The number of aromatic nitrogens is 1. The van der Waals surface area contributed by atoms with Crippen LogP contribution < -0.4 is 4.74 Å². The van der Waals surface area contributed by atoms with E-state index in [0.29, 0.717) is 35.3 Å². The average molecular weight is 419 g/mol. The molecule has 0 aliphatic carbocycles. The van der Waals surface area contributed by atoms with Gasteiger partial charge in [0.05, 0.1) is 21.6 Å². The molecular weight excluding hydrogens is 400 g/mol. The minimum absolute atomic E-state index is 0.0747. The molecule has 0 bridgehead atoms. The Labute approximate surface area is 171 Å². The highest BCUT2D eigenvalue weighted by molar-refractivity contribution is 7.16. The van der Waals surface area contributed by atoms with Gasteiger partial charge in [0, 0.05) is 22.4 Å². The number of ether oxygens (including phenoxy) is 1. The van der Waals surface area contributed by atoms with Crippen molar-refractivity contribution in [3.8, 4) is 5.75 Å². The summed E-state index contributed by atoms with van der Waals surface area (Å²) in [4.78, 5) is 20.1. The van der Waals surface area contributed by atoms with Crippen LogP contribution in [0.5, 0.6) is 5.75 Å². The summed E-state index contributed by atoms with van der Waals surface area (Å²) in [6, 6.07) is 11.0. The first kappa shape index (κ1) is 19.6. The molecule has 2 heterocycles. The maximum absolute atomic E-state index is 13.0. The Morgan fingerprint density at radius 1 is 1.37 bits per heavy atom. The lowest BCUT2D eigenvalue weighted by Crippen LogP contribution is -2.30. The summed E-state index contributed by atoms with van der Waals surface area (Å²) in [5.41, 5.74) is 1.46. The van der Waals surface area contributed by atoms with Crippen molar-refractivity contribution in [2.45, 2.75) is 20.1 Å². The highest BCUT2D eigenvalue weighted by Crippen LogP contribution is 2.24. The number of halogens is 1. The summed E-state index contributed by atoms with van der Waals surface area (Å²) >= 11 is 9.06. The minimum atomic E-state index is -0.0747. The molecule has 7 heteroatoms. The molecule has 4 nitrogen and oxygen atoms in total. The first-order valence-corrected chi connectivity index (χ1v) is 10.4. The molecule has 3 aromatic rings. The van der Waals surface area contributed by atoms with Crippen molar-refractivity contribution >= 4 is 40.2 Å². The number of hydrogen-bond acceptors (Lipinski definition) is 5. The Hall–Kier alpha value is -2.15.